The number of nitrogens with zero attached hydrogens (tertiary/aromatic N) is 2. The third-order valence-electron chi connectivity index (χ3n) is 5.78. The van der Waals surface area contributed by atoms with Gasteiger partial charge in [0.15, 0.2) is 9.84 Å². The smallest absolute Gasteiger partial charge is 0.237 e. The van der Waals surface area contributed by atoms with Crippen molar-refractivity contribution >= 4 is 37.6 Å². The highest BCUT2D eigenvalue weighted by Crippen LogP contribution is 2.24. The molecule has 0 spiro atoms. The van der Waals surface area contributed by atoms with Gasteiger partial charge in [0, 0.05) is 36.6 Å². The van der Waals surface area contributed by atoms with Crippen LogP contribution in [0.5, 0.6) is 0 Å². The normalized spacial score (nSPS) is 21.2. The van der Waals surface area contributed by atoms with Crippen LogP contribution < -0.4 is 0 Å². The van der Waals surface area contributed by atoms with E-state index in [1.165, 1.54) is 6.42 Å². The summed E-state index contributed by atoms with van der Waals surface area (Å²) in [6.07, 6.45) is 3.45. The Bertz CT molecular complexity index is 850. The van der Waals surface area contributed by atoms with Crippen molar-refractivity contribution in [2.24, 2.45) is 11.8 Å². The van der Waals surface area contributed by atoms with E-state index in [2.05, 4.69) is 22.9 Å². The van der Waals surface area contributed by atoms with Crippen molar-refractivity contribution in [2.45, 2.75) is 38.4 Å². The van der Waals surface area contributed by atoms with Crippen LogP contribution in [0.25, 0.3) is 0 Å². The van der Waals surface area contributed by atoms with Crippen LogP contribution in [0.1, 0.15) is 38.2 Å². The number of hydrogen-bond donors (Lipinski definition) is 0. The molecule has 1 aromatic rings. The zero-order chi connectivity index (χ0) is 21.0. The van der Waals surface area contributed by atoms with Crippen LogP contribution in [-0.4, -0.2) is 62.0 Å². The molecule has 0 bridgehead atoms. The third kappa shape index (κ3) is 6.28. The second kappa shape index (κ2) is 9.60. The highest BCUT2D eigenvalue weighted by atomic mass is 79.9. The molecule has 0 N–H and O–H groups in total. The number of benzene rings is 1. The van der Waals surface area contributed by atoms with E-state index in [1.807, 2.05) is 11.0 Å². The Morgan fingerprint density at radius 3 is 2.48 bits per heavy atom. The first-order chi connectivity index (χ1) is 13.7. The van der Waals surface area contributed by atoms with E-state index in [4.69, 9.17) is 0 Å². The summed E-state index contributed by atoms with van der Waals surface area (Å²) in [5.74, 6) is -0.307. The van der Waals surface area contributed by atoms with Crippen LogP contribution in [-0.2, 0) is 25.2 Å². The molecule has 0 radical (unpaired) electrons. The van der Waals surface area contributed by atoms with Gasteiger partial charge < -0.3 is 9.80 Å². The molecule has 160 valence electrons. The van der Waals surface area contributed by atoms with E-state index >= 15 is 0 Å². The molecule has 2 aliphatic rings. The Hall–Kier alpha value is -1.41. The first-order valence-electron chi connectivity index (χ1n) is 10.2. The Morgan fingerprint density at radius 2 is 1.83 bits per heavy atom. The van der Waals surface area contributed by atoms with Gasteiger partial charge in [0.05, 0.1) is 5.75 Å². The van der Waals surface area contributed by atoms with Crippen LogP contribution in [0.3, 0.4) is 0 Å². The second-order valence-electron chi connectivity index (χ2n) is 8.35. The Morgan fingerprint density at radius 1 is 1.10 bits per heavy atom. The van der Waals surface area contributed by atoms with Gasteiger partial charge in [-0.15, -0.1) is 0 Å². The number of rotatable bonds is 5. The Balaban J connectivity index is 1.50. The SMILES string of the molecule is CC1CCCN(C(=O)C2CCN(C(=O)CS(=O)(=O)Cc3cccc(Br)c3)CC2)C1. The lowest BCUT2D eigenvalue weighted by molar-refractivity contribution is -0.141. The summed E-state index contributed by atoms with van der Waals surface area (Å²) in [4.78, 5) is 28.9. The van der Waals surface area contributed by atoms with Crippen molar-refractivity contribution in [3.05, 3.63) is 34.3 Å². The molecule has 0 saturated carbocycles. The van der Waals surface area contributed by atoms with E-state index in [0.29, 0.717) is 37.4 Å². The molecule has 0 aliphatic carbocycles. The predicted molar refractivity (Wildman–Crippen MR) is 116 cm³/mol. The summed E-state index contributed by atoms with van der Waals surface area (Å²) in [6.45, 7) is 4.73. The molecule has 6 nitrogen and oxygen atoms in total. The molecule has 2 heterocycles. The zero-order valence-electron chi connectivity index (χ0n) is 16.8. The maximum absolute atomic E-state index is 12.8. The van der Waals surface area contributed by atoms with Gasteiger partial charge in [-0.1, -0.05) is 35.0 Å². The van der Waals surface area contributed by atoms with Crippen LogP contribution in [0, 0.1) is 11.8 Å². The number of likely N-dealkylation sites (tertiary alicyclic amines) is 2. The van der Waals surface area contributed by atoms with Crippen molar-refractivity contribution < 1.29 is 18.0 Å². The van der Waals surface area contributed by atoms with Crippen molar-refractivity contribution in [1.29, 1.82) is 0 Å². The molecular weight excluding hydrogens is 456 g/mol. The highest BCUT2D eigenvalue weighted by molar-refractivity contribution is 9.10. The molecule has 2 aliphatic heterocycles. The van der Waals surface area contributed by atoms with Crippen LogP contribution in [0.2, 0.25) is 0 Å². The molecule has 2 fully saturated rings. The predicted octanol–water partition coefficient (Wildman–Crippen LogP) is 2.86. The van der Waals surface area contributed by atoms with Crippen molar-refractivity contribution in [2.75, 3.05) is 31.9 Å². The van der Waals surface area contributed by atoms with E-state index in [1.54, 1.807) is 23.1 Å². The summed E-state index contributed by atoms with van der Waals surface area (Å²) < 4.78 is 25.7. The van der Waals surface area contributed by atoms with Gasteiger partial charge in [-0.05, 0) is 49.3 Å². The van der Waals surface area contributed by atoms with Crippen LogP contribution >= 0.6 is 15.9 Å². The van der Waals surface area contributed by atoms with Crippen molar-refractivity contribution in [1.82, 2.24) is 9.80 Å². The molecular formula is C21H29BrN2O4S. The van der Waals surface area contributed by atoms with Crippen molar-refractivity contribution in [3.63, 3.8) is 0 Å². The molecule has 29 heavy (non-hydrogen) atoms. The third-order valence-corrected chi connectivity index (χ3v) is 7.74. The van der Waals surface area contributed by atoms with Gasteiger partial charge >= 0.3 is 0 Å². The lowest BCUT2D eigenvalue weighted by Gasteiger charge is -2.37. The standard InChI is InChI=1S/C21H29BrN2O4S/c1-16-4-3-9-24(13-16)21(26)18-7-10-23(11-8-18)20(25)15-29(27,28)14-17-5-2-6-19(22)12-17/h2,5-6,12,16,18H,3-4,7-11,13-15H2,1H3. The fraction of sp³-hybridized carbons (Fsp3) is 0.619. The topological polar surface area (TPSA) is 74.8 Å². The van der Waals surface area contributed by atoms with Crippen LogP contribution in [0.4, 0.5) is 0 Å². The minimum Gasteiger partial charge on any atom is -0.342 e. The minimum absolute atomic E-state index is 0.0531. The largest absolute Gasteiger partial charge is 0.342 e. The highest BCUT2D eigenvalue weighted by Gasteiger charge is 2.32. The van der Waals surface area contributed by atoms with Crippen molar-refractivity contribution in [3.8, 4) is 0 Å². The number of carbonyl (C=O) groups excluding carboxylic acids is 2. The fourth-order valence-electron chi connectivity index (χ4n) is 4.23. The molecule has 2 amide bonds. The number of piperidine rings is 2. The monoisotopic (exact) mass is 484 g/mol. The molecule has 8 heteroatoms. The van der Waals surface area contributed by atoms with E-state index in [9.17, 15) is 18.0 Å². The number of amides is 2. The average Bonchev–Trinajstić information content (AvgIpc) is 2.66. The average molecular weight is 485 g/mol. The maximum Gasteiger partial charge on any atom is 0.237 e. The summed E-state index contributed by atoms with van der Waals surface area (Å²) >= 11 is 3.33. The van der Waals surface area contributed by atoms with Gasteiger partial charge in [-0.3, -0.25) is 9.59 Å². The number of sulfone groups is 1. The number of halogens is 1. The van der Waals surface area contributed by atoms with Crippen LogP contribution in [0.15, 0.2) is 28.7 Å². The number of hydrogen-bond acceptors (Lipinski definition) is 4. The Labute approximate surface area is 181 Å². The maximum atomic E-state index is 12.8. The minimum atomic E-state index is -3.54. The molecule has 2 saturated heterocycles. The van der Waals surface area contributed by atoms with Gasteiger partial charge in [0.2, 0.25) is 11.8 Å². The van der Waals surface area contributed by atoms with Gasteiger partial charge in [-0.25, -0.2) is 8.42 Å². The first-order valence-corrected chi connectivity index (χ1v) is 12.9. The van der Waals surface area contributed by atoms with E-state index in [0.717, 1.165) is 24.0 Å². The molecule has 0 aromatic heterocycles. The fourth-order valence-corrected chi connectivity index (χ4v) is 6.03. The Kier molecular flexibility index (Phi) is 7.37. The van der Waals surface area contributed by atoms with E-state index < -0.39 is 15.6 Å². The second-order valence-corrected chi connectivity index (χ2v) is 11.3. The van der Waals surface area contributed by atoms with Gasteiger partial charge in [0.25, 0.3) is 0 Å². The first kappa shape index (κ1) is 22.3. The quantitative estimate of drug-likeness (QED) is 0.643. The summed E-state index contributed by atoms with van der Waals surface area (Å²) in [5, 5.41) is 0. The zero-order valence-corrected chi connectivity index (χ0v) is 19.3. The molecule has 1 aromatic carbocycles. The molecule has 1 atom stereocenters. The lowest BCUT2D eigenvalue weighted by atomic mass is 9.93. The number of carbonyl (C=O) groups is 2. The molecule has 1 unspecified atom stereocenters. The summed E-state index contributed by atoms with van der Waals surface area (Å²) in [7, 11) is -3.54. The molecule has 3 rings (SSSR count). The van der Waals surface area contributed by atoms with E-state index in [-0.39, 0.29) is 23.5 Å². The van der Waals surface area contributed by atoms with Gasteiger partial charge in [-0.2, -0.15) is 0 Å². The lowest BCUT2D eigenvalue weighted by Crippen LogP contribution is -2.47. The summed E-state index contributed by atoms with van der Waals surface area (Å²) in [5.41, 5.74) is 0.659. The van der Waals surface area contributed by atoms with Gasteiger partial charge in [0.1, 0.15) is 5.75 Å². The summed E-state index contributed by atoms with van der Waals surface area (Å²) in [6, 6.07) is 7.10.